The van der Waals surface area contributed by atoms with Crippen LogP contribution >= 0.6 is 11.3 Å². The lowest BCUT2D eigenvalue weighted by Crippen LogP contribution is -2.38. The molecule has 0 spiro atoms. The summed E-state index contributed by atoms with van der Waals surface area (Å²) in [4.78, 5) is 11.8. The van der Waals surface area contributed by atoms with E-state index in [1.165, 1.54) is 37.4 Å². The molecule has 25 heavy (non-hydrogen) atoms. The van der Waals surface area contributed by atoms with Crippen LogP contribution in [0.5, 0.6) is 5.75 Å². The van der Waals surface area contributed by atoms with Gasteiger partial charge in [0.05, 0.1) is 13.2 Å². The molecule has 0 fully saturated rings. The number of carbonyl (C=O) groups is 1. The Morgan fingerprint density at radius 3 is 2.64 bits per heavy atom. The zero-order chi connectivity index (χ0) is 18.3. The fourth-order valence-electron chi connectivity index (χ4n) is 1.93. The van der Waals surface area contributed by atoms with Crippen LogP contribution < -0.4 is 10.1 Å². The van der Waals surface area contributed by atoms with Crippen molar-refractivity contribution in [1.29, 1.82) is 0 Å². The first-order valence-electron chi connectivity index (χ1n) is 7.54. The third-order valence-electron chi connectivity index (χ3n) is 3.25. The molecule has 2 aromatic rings. The summed E-state index contributed by atoms with van der Waals surface area (Å²) in [7, 11) is -2.26. The second-order valence-corrected chi connectivity index (χ2v) is 8.42. The van der Waals surface area contributed by atoms with Gasteiger partial charge >= 0.3 is 0 Å². The minimum atomic E-state index is -3.63. The summed E-state index contributed by atoms with van der Waals surface area (Å²) in [5.41, 5.74) is 0. The molecule has 1 aromatic carbocycles. The first kappa shape index (κ1) is 19.4. The fraction of sp³-hybridized carbons (Fsp3) is 0.312. The van der Waals surface area contributed by atoms with Gasteiger partial charge in [-0.2, -0.15) is 4.31 Å². The van der Waals surface area contributed by atoms with Gasteiger partial charge in [-0.3, -0.25) is 4.79 Å². The van der Waals surface area contributed by atoms with E-state index in [-0.39, 0.29) is 22.5 Å². The number of sulfonamides is 1. The Morgan fingerprint density at radius 2 is 2.00 bits per heavy atom. The lowest BCUT2D eigenvalue weighted by atomic mass is 10.3. The third-order valence-corrected chi connectivity index (χ3v) is 6.43. The maximum absolute atomic E-state index is 12.7. The van der Waals surface area contributed by atoms with E-state index in [9.17, 15) is 17.6 Å². The Bertz CT molecular complexity index is 777. The van der Waals surface area contributed by atoms with Crippen molar-refractivity contribution in [1.82, 2.24) is 9.62 Å². The van der Waals surface area contributed by atoms with E-state index in [2.05, 4.69) is 5.32 Å². The molecule has 2 rings (SSSR count). The predicted octanol–water partition coefficient (Wildman–Crippen LogP) is 2.09. The molecule has 1 heterocycles. The molecule has 0 saturated heterocycles. The highest BCUT2D eigenvalue weighted by atomic mass is 32.2. The average molecular weight is 386 g/mol. The number of carbonyl (C=O) groups excluding carboxylic acids is 1. The smallest absolute Gasteiger partial charge is 0.252 e. The topological polar surface area (TPSA) is 75.7 Å². The van der Waals surface area contributed by atoms with E-state index in [0.29, 0.717) is 25.3 Å². The summed E-state index contributed by atoms with van der Waals surface area (Å²) in [6.07, 6.45) is 0.546. The molecular formula is C16H19FN2O4S2. The van der Waals surface area contributed by atoms with Gasteiger partial charge in [-0.05, 0) is 42.1 Å². The van der Waals surface area contributed by atoms with Crippen LogP contribution in [0.3, 0.4) is 0 Å². The summed E-state index contributed by atoms with van der Waals surface area (Å²) >= 11 is 1.11. The molecule has 9 heteroatoms. The highest BCUT2D eigenvalue weighted by molar-refractivity contribution is 7.91. The number of nitrogens with zero attached hydrogens (tertiary/aromatic N) is 1. The molecule has 6 nitrogen and oxygen atoms in total. The highest BCUT2D eigenvalue weighted by Crippen LogP contribution is 2.19. The molecule has 0 atom stereocenters. The molecule has 0 radical (unpaired) electrons. The number of nitrogens with one attached hydrogen (secondary N) is 1. The number of amides is 1. The van der Waals surface area contributed by atoms with Crippen molar-refractivity contribution in [2.45, 2.75) is 10.6 Å². The lowest BCUT2D eigenvalue weighted by molar-refractivity contribution is -0.121. The van der Waals surface area contributed by atoms with E-state index < -0.39 is 10.0 Å². The predicted molar refractivity (Wildman–Crippen MR) is 93.7 cm³/mol. The van der Waals surface area contributed by atoms with Crippen LogP contribution in [0.4, 0.5) is 4.39 Å². The Kier molecular flexibility index (Phi) is 6.91. The molecule has 0 unspecified atom stereocenters. The first-order valence-corrected chi connectivity index (χ1v) is 9.86. The molecule has 1 amide bonds. The van der Waals surface area contributed by atoms with Crippen LogP contribution in [0.25, 0.3) is 0 Å². The summed E-state index contributed by atoms with van der Waals surface area (Å²) in [6, 6.07) is 8.81. The van der Waals surface area contributed by atoms with Crippen LogP contribution in [-0.2, 0) is 14.8 Å². The van der Waals surface area contributed by atoms with Gasteiger partial charge in [0.1, 0.15) is 15.8 Å². The van der Waals surface area contributed by atoms with Gasteiger partial charge in [0.15, 0.2) is 0 Å². The van der Waals surface area contributed by atoms with Crippen molar-refractivity contribution < 1.29 is 22.3 Å². The van der Waals surface area contributed by atoms with Gasteiger partial charge in [-0.1, -0.05) is 6.07 Å². The molecule has 0 aliphatic carbocycles. The van der Waals surface area contributed by atoms with Gasteiger partial charge in [-0.25, -0.2) is 12.8 Å². The standard InChI is InChI=1S/C16H19FN2O4S2/c1-19(25(21,22)16-4-2-11-24-16)12-15(20)18-9-3-10-23-14-7-5-13(17)6-8-14/h2,4-8,11H,3,9-10,12H2,1H3,(H,18,20). The average Bonchev–Trinajstić information content (AvgIpc) is 3.11. The quantitative estimate of drug-likeness (QED) is 0.670. The fourth-order valence-corrected chi connectivity index (χ4v) is 4.26. The lowest BCUT2D eigenvalue weighted by Gasteiger charge is -2.15. The number of hydrogen-bond donors (Lipinski definition) is 1. The summed E-state index contributed by atoms with van der Waals surface area (Å²) < 4.78 is 43.8. The largest absolute Gasteiger partial charge is 0.494 e. The summed E-state index contributed by atoms with van der Waals surface area (Å²) in [5.74, 6) is -0.167. The highest BCUT2D eigenvalue weighted by Gasteiger charge is 2.23. The SMILES string of the molecule is CN(CC(=O)NCCCOc1ccc(F)cc1)S(=O)(=O)c1cccs1. The van der Waals surface area contributed by atoms with Crippen molar-refractivity contribution in [2.75, 3.05) is 26.7 Å². The molecular weight excluding hydrogens is 367 g/mol. The molecule has 0 aliphatic heterocycles. The summed E-state index contributed by atoms with van der Waals surface area (Å²) in [5, 5.41) is 4.31. The number of halogens is 1. The Hall–Kier alpha value is -1.97. The zero-order valence-corrected chi connectivity index (χ0v) is 15.3. The number of likely N-dealkylation sites (N-methyl/N-ethyl adjacent to an activating group) is 1. The van der Waals surface area contributed by atoms with Crippen LogP contribution in [0, 0.1) is 5.82 Å². The monoisotopic (exact) mass is 386 g/mol. The molecule has 0 saturated carbocycles. The number of ether oxygens (including phenoxy) is 1. The zero-order valence-electron chi connectivity index (χ0n) is 13.6. The van der Waals surface area contributed by atoms with Crippen LogP contribution in [-0.4, -0.2) is 45.4 Å². The second-order valence-electron chi connectivity index (χ2n) is 5.20. The van der Waals surface area contributed by atoms with Gasteiger partial charge in [-0.15, -0.1) is 11.3 Å². The third kappa shape index (κ3) is 5.80. The first-order chi connectivity index (χ1) is 11.9. The van der Waals surface area contributed by atoms with Crippen LogP contribution in [0.2, 0.25) is 0 Å². The van der Waals surface area contributed by atoms with Crippen LogP contribution in [0.1, 0.15) is 6.42 Å². The van der Waals surface area contributed by atoms with E-state index in [0.717, 1.165) is 15.6 Å². The number of hydrogen-bond acceptors (Lipinski definition) is 5. The number of benzene rings is 1. The van der Waals surface area contributed by atoms with Gasteiger partial charge < -0.3 is 10.1 Å². The number of thiophene rings is 1. The molecule has 1 N–H and O–H groups in total. The summed E-state index contributed by atoms with van der Waals surface area (Å²) in [6.45, 7) is 0.460. The molecule has 0 bridgehead atoms. The van der Waals surface area contributed by atoms with E-state index in [1.54, 1.807) is 11.4 Å². The van der Waals surface area contributed by atoms with E-state index in [4.69, 9.17) is 4.74 Å². The maximum atomic E-state index is 12.7. The Balaban J connectivity index is 1.67. The number of rotatable bonds is 9. The second kappa shape index (κ2) is 8.93. The van der Waals surface area contributed by atoms with Crippen LogP contribution in [0.15, 0.2) is 46.0 Å². The maximum Gasteiger partial charge on any atom is 0.252 e. The van der Waals surface area contributed by atoms with Crippen molar-refractivity contribution in [2.24, 2.45) is 0 Å². The van der Waals surface area contributed by atoms with E-state index in [1.807, 2.05) is 0 Å². The van der Waals surface area contributed by atoms with Crippen molar-refractivity contribution >= 4 is 27.3 Å². The van der Waals surface area contributed by atoms with Gasteiger partial charge in [0, 0.05) is 13.6 Å². The Morgan fingerprint density at radius 1 is 1.28 bits per heavy atom. The van der Waals surface area contributed by atoms with Gasteiger partial charge in [0.25, 0.3) is 10.0 Å². The Labute approximate surface area is 150 Å². The normalized spacial score (nSPS) is 11.5. The van der Waals surface area contributed by atoms with Crippen molar-refractivity contribution in [3.8, 4) is 5.75 Å². The van der Waals surface area contributed by atoms with E-state index >= 15 is 0 Å². The molecule has 0 aliphatic rings. The molecule has 1 aromatic heterocycles. The van der Waals surface area contributed by atoms with Crippen molar-refractivity contribution in [3.05, 3.63) is 47.6 Å². The molecule has 136 valence electrons. The van der Waals surface area contributed by atoms with Crippen molar-refractivity contribution in [3.63, 3.8) is 0 Å². The van der Waals surface area contributed by atoms with Gasteiger partial charge in [0.2, 0.25) is 5.91 Å². The minimum absolute atomic E-state index is 0.204. The minimum Gasteiger partial charge on any atom is -0.494 e.